The first-order valence-electron chi connectivity index (χ1n) is 9.12. The van der Waals surface area contributed by atoms with Gasteiger partial charge in [-0.15, -0.1) is 0 Å². The fourth-order valence-electron chi connectivity index (χ4n) is 3.20. The van der Waals surface area contributed by atoms with Gasteiger partial charge in [0, 0.05) is 11.4 Å². The highest BCUT2D eigenvalue weighted by Gasteiger charge is 2.16. The Morgan fingerprint density at radius 2 is 1.64 bits per heavy atom. The number of aromatic nitrogens is 2. The highest BCUT2D eigenvalue weighted by Crippen LogP contribution is 2.37. The molecule has 28 heavy (non-hydrogen) atoms. The van der Waals surface area contributed by atoms with Gasteiger partial charge in [0.1, 0.15) is 5.82 Å². The first-order valence-corrected chi connectivity index (χ1v) is 9.12. The lowest BCUT2D eigenvalue weighted by Crippen LogP contribution is -2.09. The van der Waals surface area contributed by atoms with Crippen LogP contribution in [0.15, 0.2) is 72.8 Å². The second kappa shape index (κ2) is 7.56. The minimum Gasteiger partial charge on any atom is -0.504 e. The van der Waals surface area contributed by atoms with Gasteiger partial charge in [0.25, 0.3) is 0 Å². The van der Waals surface area contributed by atoms with Gasteiger partial charge in [0.05, 0.1) is 18.2 Å². The number of phenols is 1. The van der Waals surface area contributed by atoms with Gasteiger partial charge in [-0.2, -0.15) is 0 Å². The molecule has 1 unspecified atom stereocenters. The zero-order valence-corrected chi connectivity index (χ0v) is 15.8. The molecule has 1 aromatic heterocycles. The van der Waals surface area contributed by atoms with E-state index in [0.717, 1.165) is 22.3 Å². The SMILES string of the molecule is COc1cccc(-c2nc(NC(C)c3ccccc3)c3ccccc3n2)c1O. The van der Waals surface area contributed by atoms with E-state index in [1.807, 2.05) is 48.5 Å². The maximum atomic E-state index is 10.5. The van der Waals surface area contributed by atoms with Crippen LogP contribution >= 0.6 is 0 Å². The standard InChI is InChI=1S/C23H21N3O2/c1-15(16-9-4-3-5-10-16)24-22-17-11-6-7-13-19(17)25-23(26-22)18-12-8-14-20(28-2)21(18)27/h3-15,27H,1-2H3,(H,24,25,26). The third-order valence-electron chi connectivity index (χ3n) is 4.72. The maximum Gasteiger partial charge on any atom is 0.168 e. The Labute approximate surface area is 163 Å². The van der Waals surface area contributed by atoms with Crippen LogP contribution in [0.4, 0.5) is 5.82 Å². The van der Waals surface area contributed by atoms with Crippen LogP contribution in [-0.2, 0) is 0 Å². The number of hydrogen-bond acceptors (Lipinski definition) is 5. The molecule has 0 saturated heterocycles. The summed E-state index contributed by atoms with van der Waals surface area (Å²) in [6.45, 7) is 2.09. The van der Waals surface area contributed by atoms with Crippen LogP contribution < -0.4 is 10.1 Å². The van der Waals surface area contributed by atoms with Crippen molar-refractivity contribution >= 4 is 16.7 Å². The molecule has 4 aromatic rings. The van der Waals surface area contributed by atoms with Gasteiger partial charge in [-0.05, 0) is 36.8 Å². The van der Waals surface area contributed by atoms with E-state index in [4.69, 9.17) is 9.72 Å². The molecule has 0 radical (unpaired) electrons. The van der Waals surface area contributed by atoms with Crippen LogP contribution in [-0.4, -0.2) is 22.2 Å². The Morgan fingerprint density at radius 1 is 0.893 bits per heavy atom. The summed E-state index contributed by atoms with van der Waals surface area (Å²) in [6.07, 6.45) is 0. The van der Waals surface area contributed by atoms with Gasteiger partial charge in [0.2, 0.25) is 0 Å². The van der Waals surface area contributed by atoms with Crippen molar-refractivity contribution in [3.8, 4) is 22.9 Å². The summed E-state index contributed by atoms with van der Waals surface area (Å²) in [5.41, 5.74) is 2.49. The van der Waals surface area contributed by atoms with Gasteiger partial charge in [-0.25, -0.2) is 9.97 Å². The van der Waals surface area contributed by atoms with E-state index in [0.29, 0.717) is 17.1 Å². The largest absolute Gasteiger partial charge is 0.504 e. The Kier molecular flexibility index (Phi) is 4.81. The number of rotatable bonds is 5. The average molecular weight is 371 g/mol. The van der Waals surface area contributed by atoms with Crippen LogP contribution in [0.3, 0.4) is 0 Å². The zero-order chi connectivity index (χ0) is 19.5. The predicted molar refractivity (Wildman–Crippen MR) is 112 cm³/mol. The van der Waals surface area contributed by atoms with E-state index in [2.05, 4.69) is 29.4 Å². The molecule has 0 saturated carbocycles. The van der Waals surface area contributed by atoms with Crippen molar-refractivity contribution in [3.63, 3.8) is 0 Å². The molecule has 3 aromatic carbocycles. The van der Waals surface area contributed by atoms with Gasteiger partial charge in [-0.3, -0.25) is 0 Å². The van der Waals surface area contributed by atoms with Gasteiger partial charge >= 0.3 is 0 Å². The molecular weight excluding hydrogens is 350 g/mol. The third kappa shape index (κ3) is 3.34. The Hall–Kier alpha value is -3.60. The summed E-state index contributed by atoms with van der Waals surface area (Å²) in [4.78, 5) is 9.39. The fourth-order valence-corrected chi connectivity index (χ4v) is 3.20. The van der Waals surface area contributed by atoms with Crippen molar-refractivity contribution in [1.29, 1.82) is 0 Å². The molecular formula is C23H21N3O2. The lowest BCUT2D eigenvalue weighted by molar-refractivity contribution is 0.374. The smallest absolute Gasteiger partial charge is 0.168 e. The molecule has 0 aliphatic carbocycles. The molecule has 0 bridgehead atoms. The lowest BCUT2D eigenvalue weighted by Gasteiger charge is -2.17. The molecule has 5 nitrogen and oxygen atoms in total. The van der Waals surface area contributed by atoms with Crippen molar-refractivity contribution in [2.45, 2.75) is 13.0 Å². The van der Waals surface area contributed by atoms with Gasteiger partial charge < -0.3 is 15.2 Å². The topological polar surface area (TPSA) is 67.3 Å². The summed E-state index contributed by atoms with van der Waals surface area (Å²) < 4.78 is 5.23. The van der Waals surface area contributed by atoms with Crippen LogP contribution in [0.1, 0.15) is 18.5 Å². The number of anilines is 1. The fraction of sp³-hybridized carbons (Fsp3) is 0.130. The molecule has 2 N–H and O–H groups in total. The highest BCUT2D eigenvalue weighted by atomic mass is 16.5. The molecule has 0 aliphatic heterocycles. The quantitative estimate of drug-likeness (QED) is 0.506. The molecule has 140 valence electrons. The predicted octanol–water partition coefficient (Wildman–Crippen LogP) is 5.18. The normalized spacial score (nSPS) is 11.9. The van der Waals surface area contributed by atoms with Crippen LogP contribution in [0, 0.1) is 0 Å². The number of para-hydroxylation sites is 2. The van der Waals surface area contributed by atoms with E-state index in [1.54, 1.807) is 12.1 Å². The van der Waals surface area contributed by atoms with E-state index < -0.39 is 0 Å². The number of aromatic hydroxyl groups is 1. The van der Waals surface area contributed by atoms with Crippen LogP contribution in [0.5, 0.6) is 11.5 Å². The van der Waals surface area contributed by atoms with Crippen molar-refractivity contribution in [2.75, 3.05) is 12.4 Å². The Morgan fingerprint density at radius 3 is 2.43 bits per heavy atom. The van der Waals surface area contributed by atoms with Crippen molar-refractivity contribution in [2.24, 2.45) is 0 Å². The molecule has 0 fully saturated rings. The van der Waals surface area contributed by atoms with E-state index >= 15 is 0 Å². The second-order valence-electron chi connectivity index (χ2n) is 6.55. The van der Waals surface area contributed by atoms with Gasteiger partial charge in [0.15, 0.2) is 17.3 Å². The summed E-state index contributed by atoms with van der Waals surface area (Å²) in [5, 5.41) is 15.0. The Balaban J connectivity index is 1.82. The van der Waals surface area contributed by atoms with E-state index in [1.165, 1.54) is 7.11 Å². The molecule has 0 amide bonds. The number of phenolic OH excluding ortho intramolecular Hbond substituents is 1. The molecule has 0 aliphatic rings. The number of fused-ring (bicyclic) bond motifs is 1. The summed E-state index contributed by atoms with van der Waals surface area (Å²) in [7, 11) is 1.52. The molecule has 4 rings (SSSR count). The third-order valence-corrected chi connectivity index (χ3v) is 4.72. The first-order chi connectivity index (χ1) is 13.7. The van der Waals surface area contributed by atoms with E-state index in [9.17, 15) is 5.11 Å². The number of hydrogen-bond donors (Lipinski definition) is 2. The monoisotopic (exact) mass is 371 g/mol. The summed E-state index contributed by atoms with van der Waals surface area (Å²) in [6, 6.07) is 23.4. The van der Waals surface area contributed by atoms with Gasteiger partial charge in [-0.1, -0.05) is 48.5 Å². The Bertz CT molecular complexity index is 1110. The number of ether oxygens (including phenoxy) is 1. The number of nitrogens with one attached hydrogen (secondary N) is 1. The highest BCUT2D eigenvalue weighted by molar-refractivity contribution is 5.91. The van der Waals surface area contributed by atoms with Crippen LogP contribution in [0.25, 0.3) is 22.3 Å². The number of benzene rings is 3. The van der Waals surface area contributed by atoms with Crippen molar-refractivity contribution in [1.82, 2.24) is 9.97 Å². The maximum absolute atomic E-state index is 10.5. The average Bonchev–Trinajstić information content (AvgIpc) is 2.74. The minimum atomic E-state index is 0.0299. The number of methoxy groups -OCH3 is 1. The minimum absolute atomic E-state index is 0.0299. The van der Waals surface area contributed by atoms with Crippen molar-refractivity contribution < 1.29 is 9.84 Å². The summed E-state index contributed by atoms with van der Waals surface area (Å²) >= 11 is 0. The summed E-state index contributed by atoms with van der Waals surface area (Å²) in [5.74, 6) is 1.58. The molecule has 1 atom stereocenters. The van der Waals surface area contributed by atoms with Crippen LogP contribution in [0.2, 0.25) is 0 Å². The molecule has 5 heteroatoms. The molecule has 0 spiro atoms. The second-order valence-corrected chi connectivity index (χ2v) is 6.55. The molecule has 1 heterocycles. The van der Waals surface area contributed by atoms with E-state index in [-0.39, 0.29) is 11.8 Å². The first kappa shape index (κ1) is 17.8. The zero-order valence-electron chi connectivity index (χ0n) is 15.8. The lowest BCUT2D eigenvalue weighted by atomic mass is 10.1. The van der Waals surface area contributed by atoms with Crippen molar-refractivity contribution in [3.05, 3.63) is 78.4 Å². The number of nitrogens with zero attached hydrogens (tertiary/aromatic N) is 2.